The lowest BCUT2D eigenvalue weighted by Gasteiger charge is -2.03. The van der Waals surface area contributed by atoms with E-state index < -0.39 is 23.5 Å². The van der Waals surface area contributed by atoms with Gasteiger partial charge in [0.25, 0.3) is 11.5 Å². The average Bonchev–Trinajstić information content (AvgIpc) is 2.98. The van der Waals surface area contributed by atoms with Crippen LogP contribution in [0.25, 0.3) is 6.08 Å². The predicted octanol–water partition coefficient (Wildman–Crippen LogP) is 0.204. The molecule has 1 aromatic heterocycles. The number of rotatable bonds is 3. The van der Waals surface area contributed by atoms with Gasteiger partial charge in [-0.3, -0.25) is 14.7 Å². The summed E-state index contributed by atoms with van der Waals surface area (Å²) in [6, 6.07) is -1.85. The molecule has 0 bridgehead atoms. The Kier molecular flexibility index (Phi) is 4.82. The molecule has 5 N–H and O–H groups in total. The third-order valence-corrected chi connectivity index (χ3v) is 3.36. The van der Waals surface area contributed by atoms with Crippen molar-refractivity contribution >= 4 is 29.8 Å². The van der Waals surface area contributed by atoms with Crippen LogP contribution >= 0.6 is 0 Å². The van der Waals surface area contributed by atoms with Crippen LogP contribution in [0.15, 0.2) is 39.8 Å². The Morgan fingerprint density at radius 3 is 2.28 bits per heavy atom. The minimum Gasteiger partial charge on any atom is -0.350 e. The lowest BCUT2D eigenvalue weighted by molar-refractivity contribution is -0.122. The van der Waals surface area contributed by atoms with E-state index in [0.29, 0.717) is 21.1 Å². The zero-order valence-electron chi connectivity index (χ0n) is 13.5. The fraction of sp³-hybridized carbons (Fsp3) is 0.133. The van der Waals surface area contributed by atoms with Crippen molar-refractivity contribution in [2.75, 3.05) is 0 Å². The first-order valence-corrected chi connectivity index (χ1v) is 7.10. The van der Waals surface area contributed by atoms with Gasteiger partial charge in [0, 0.05) is 5.69 Å². The molecular weight excluding hydrogens is 328 g/mol. The van der Waals surface area contributed by atoms with Crippen molar-refractivity contribution in [1.29, 1.82) is 0 Å². The number of aryl methyl sites for hydroxylation is 1. The van der Waals surface area contributed by atoms with E-state index in [9.17, 15) is 19.2 Å². The van der Waals surface area contributed by atoms with E-state index >= 15 is 0 Å². The molecule has 130 valence electrons. The van der Waals surface area contributed by atoms with Gasteiger partial charge in [0.2, 0.25) is 0 Å². The molecular formula is C15H16N6O4. The van der Waals surface area contributed by atoms with E-state index in [4.69, 9.17) is 11.5 Å². The van der Waals surface area contributed by atoms with Gasteiger partial charge in [0.15, 0.2) is 0 Å². The molecule has 2 rings (SSSR count). The lowest BCUT2D eigenvalue weighted by Crippen LogP contribution is -2.33. The summed E-state index contributed by atoms with van der Waals surface area (Å²) < 4.78 is 0.704. The molecule has 0 saturated carbocycles. The van der Waals surface area contributed by atoms with E-state index in [0.717, 1.165) is 0 Å². The van der Waals surface area contributed by atoms with Crippen molar-refractivity contribution in [2.45, 2.75) is 13.8 Å². The van der Waals surface area contributed by atoms with Gasteiger partial charge in [-0.25, -0.2) is 9.59 Å². The Morgan fingerprint density at radius 1 is 1.08 bits per heavy atom. The number of imide groups is 1. The molecule has 10 nitrogen and oxygen atoms in total. The largest absolute Gasteiger partial charge is 0.350 e. The van der Waals surface area contributed by atoms with Crippen LogP contribution in [0.2, 0.25) is 0 Å². The molecule has 0 aromatic carbocycles. The van der Waals surface area contributed by atoms with Crippen molar-refractivity contribution < 1.29 is 14.4 Å². The number of hydrogen-bond donors (Lipinski definition) is 3. The second-order valence-corrected chi connectivity index (χ2v) is 5.09. The third kappa shape index (κ3) is 3.47. The van der Waals surface area contributed by atoms with Crippen LogP contribution in [0, 0.1) is 6.92 Å². The van der Waals surface area contributed by atoms with Crippen LogP contribution in [-0.2, 0) is 4.79 Å². The predicted molar refractivity (Wildman–Crippen MR) is 90.6 cm³/mol. The van der Waals surface area contributed by atoms with Crippen LogP contribution in [-0.4, -0.2) is 38.5 Å². The zero-order valence-corrected chi connectivity index (χ0v) is 13.5. The van der Waals surface area contributed by atoms with Crippen LogP contribution in [0.1, 0.15) is 18.2 Å². The fourth-order valence-corrected chi connectivity index (χ4v) is 2.14. The Morgan fingerprint density at radius 2 is 1.76 bits per heavy atom. The number of hydrazone groups is 1. The quantitative estimate of drug-likeness (QED) is 0.529. The number of nitrogens with zero attached hydrogens (tertiary/aromatic N) is 3. The number of nitrogens with two attached hydrogens (primary N) is 2. The Labute approximate surface area is 141 Å². The molecule has 0 radical (unpaired) electrons. The van der Waals surface area contributed by atoms with Crippen molar-refractivity contribution in [3.63, 3.8) is 0 Å². The highest BCUT2D eigenvalue weighted by atomic mass is 16.2. The normalized spacial score (nSPS) is 16.4. The summed E-state index contributed by atoms with van der Waals surface area (Å²) in [6.07, 6.45) is 7.64. The van der Waals surface area contributed by atoms with Gasteiger partial charge >= 0.3 is 12.1 Å². The monoisotopic (exact) mass is 344 g/mol. The molecule has 0 unspecified atom stereocenters. The number of hydrogen-bond acceptors (Lipinski definition) is 5. The molecule has 25 heavy (non-hydrogen) atoms. The number of nitrogens with one attached hydrogen (secondary N) is 1. The topological polar surface area (TPSA) is 157 Å². The summed E-state index contributed by atoms with van der Waals surface area (Å²) in [4.78, 5) is 45.9. The van der Waals surface area contributed by atoms with Crippen molar-refractivity contribution in [3.8, 4) is 0 Å². The molecule has 0 aliphatic carbocycles. The van der Waals surface area contributed by atoms with E-state index in [-0.39, 0.29) is 11.1 Å². The highest BCUT2D eigenvalue weighted by Gasteiger charge is 2.30. The summed E-state index contributed by atoms with van der Waals surface area (Å²) in [5, 5.41) is 6.89. The minimum atomic E-state index is -0.953. The van der Waals surface area contributed by atoms with Gasteiger partial charge in [-0.2, -0.15) is 9.78 Å². The standard InChI is InChI=1S/C15H16N6O4/c1-8-10(12(22)20(18-8)14(16)24)6-4-3-5-7-11-9(2)19-21(13(11)23)15(17)25/h3-7,18H,1-2H3,(H2,16,24)(H2,17,25)/b5-3?,6-4?,11-7-. The summed E-state index contributed by atoms with van der Waals surface area (Å²) >= 11 is 0. The van der Waals surface area contributed by atoms with Crippen LogP contribution in [0.4, 0.5) is 9.59 Å². The molecule has 0 atom stereocenters. The van der Waals surface area contributed by atoms with Gasteiger partial charge in [-0.1, -0.05) is 18.2 Å². The molecule has 0 fully saturated rings. The van der Waals surface area contributed by atoms with Crippen molar-refractivity contribution in [3.05, 3.63) is 51.5 Å². The average molecular weight is 344 g/mol. The zero-order chi connectivity index (χ0) is 18.7. The number of carbonyl (C=O) groups excluding carboxylic acids is 3. The van der Waals surface area contributed by atoms with Gasteiger partial charge in [-0.15, -0.1) is 5.01 Å². The Bertz CT molecular complexity index is 928. The highest BCUT2D eigenvalue weighted by Crippen LogP contribution is 2.14. The van der Waals surface area contributed by atoms with Crippen LogP contribution in [0.5, 0.6) is 0 Å². The number of aromatic amines is 1. The lowest BCUT2D eigenvalue weighted by atomic mass is 10.1. The SMILES string of the molecule is CC1=NN(C(N)=O)C(=O)/C1=C\C=CC=Cc1c(C)[nH]n(C(N)=O)c1=O. The highest BCUT2D eigenvalue weighted by molar-refractivity contribution is 6.27. The van der Waals surface area contributed by atoms with E-state index in [1.165, 1.54) is 12.2 Å². The van der Waals surface area contributed by atoms with Gasteiger partial charge in [0.05, 0.1) is 16.8 Å². The maximum atomic E-state index is 11.9. The summed E-state index contributed by atoms with van der Waals surface area (Å²) in [6.45, 7) is 3.20. The fourth-order valence-electron chi connectivity index (χ4n) is 2.14. The summed E-state index contributed by atoms with van der Waals surface area (Å²) in [5.74, 6) is -0.607. The molecule has 10 heteroatoms. The van der Waals surface area contributed by atoms with Crippen LogP contribution < -0.4 is 17.0 Å². The molecule has 0 saturated heterocycles. The van der Waals surface area contributed by atoms with Gasteiger partial charge in [0.1, 0.15) is 0 Å². The number of amides is 4. The molecule has 2 heterocycles. The van der Waals surface area contributed by atoms with Crippen molar-refractivity contribution in [1.82, 2.24) is 14.8 Å². The third-order valence-electron chi connectivity index (χ3n) is 3.36. The molecule has 1 aliphatic rings. The first-order valence-electron chi connectivity index (χ1n) is 7.10. The molecule has 0 spiro atoms. The van der Waals surface area contributed by atoms with Gasteiger partial charge < -0.3 is 11.5 Å². The van der Waals surface area contributed by atoms with E-state index in [2.05, 4.69) is 10.2 Å². The number of primary amides is 2. The Balaban J connectivity index is 2.15. The Hall–Kier alpha value is -3.69. The van der Waals surface area contributed by atoms with E-state index in [1.807, 2.05) is 0 Å². The number of carbonyl (C=O) groups is 3. The number of aromatic nitrogens is 2. The second kappa shape index (κ2) is 6.83. The smallest absolute Gasteiger partial charge is 0.342 e. The van der Waals surface area contributed by atoms with Gasteiger partial charge in [-0.05, 0) is 26.0 Å². The first kappa shape index (κ1) is 17.7. The maximum Gasteiger partial charge on any atom is 0.342 e. The number of urea groups is 1. The second-order valence-electron chi connectivity index (χ2n) is 5.09. The van der Waals surface area contributed by atoms with Crippen LogP contribution in [0.3, 0.4) is 0 Å². The summed E-state index contributed by atoms with van der Waals surface area (Å²) in [7, 11) is 0. The first-order chi connectivity index (χ1) is 11.7. The molecule has 1 aromatic rings. The summed E-state index contributed by atoms with van der Waals surface area (Å²) in [5.41, 5.74) is 10.9. The van der Waals surface area contributed by atoms with Crippen molar-refractivity contribution in [2.24, 2.45) is 16.6 Å². The molecule has 1 aliphatic heterocycles. The maximum absolute atomic E-state index is 11.9. The van der Waals surface area contributed by atoms with E-state index in [1.54, 1.807) is 32.1 Å². The number of allylic oxidation sites excluding steroid dienone is 4. The minimum absolute atomic E-state index is 0.234. The number of H-pyrrole nitrogens is 1. The molecule has 4 amide bonds.